The topological polar surface area (TPSA) is 17.1 Å². The van der Waals surface area contributed by atoms with E-state index in [4.69, 9.17) is 0 Å². The molecule has 13 heavy (non-hydrogen) atoms. The summed E-state index contributed by atoms with van der Waals surface area (Å²) >= 11 is 0. The molecule has 1 aliphatic rings. The van der Waals surface area contributed by atoms with Gasteiger partial charge in [-0.3, -0.25) is 0 Å². The van der Waals surface area contributed by atoms with Crippen LogP contribution in [0.1, 0.15) is 23.6 Å². The monoisotopic (exact) mass is 174 g/mol. The standard InChI is InChI=1S/C12H14O/c1-2-9-3-4-11-6-10(8-13)7-12(11)5-9/h3-5,8,10H,2,6-7H2,1H3/t10-/m0/s1. The molecular formula is C12H14O. The molecule has 0 unspecified atom stereocenters. The van der Waals surface area contributed by atoms with Crippen molar-refractivity contribution in [3.63, 3.8) is 0 Å². The summed E-state index contributed by atoms with van der Waals surface area (Å²) < 4.78 is 0. The fourth-order valence-corrected chi connectivity index (χ4v) is 2.02. The second-order valence-corrected chi connectivity index (χ2v) is 3.76. The van der Waals surface area contributed by atoms with Crippen molar-refractivity contribution >= 4 is 6.29 Å². The van der Waals surface area contributed by atoms with Crippen molar-refractivity contribution in [1.29, 1.82) is 0 Å². The highest BCUT2D eigenvalue weighted by molar-refractivity contribution is 5.58. The molecular weight excluding hydrogens is 160 g/mol. The lowest BCUT2D eigenvalue weighted by Gasteiger charge is -2.00. The molecule has 0 radical (unpaired) electrons. The first-order valence-electron chi connectivity index (χ1n) is 4.89. The van der Waals surface area contributed by atoms with Crippen LogP contribution in [0, 0.1) is 5.92 Å². The number of fused-ring (bicyclic) bond motifs is 1. The number of hydrogen-bond donors (Lipinski definition) is 0. The number of carbonyl (C=O) groups is 1. The summed E-state index contributed by atoms with van der Waals surface area (Å²) in [5.41, 5.74) is 4.14. The average Bonchev–Trinajstić information content (AvgIpc) is 2.58. The second kappa shape index (κ2) is 3.33. The van der Waals surface area contributed by atoms with Gasteiger partial charge in [-0.05, 0) is 36.0 Å². The van der Waals surface area contributed by atoms with Gasteiger partial charge in [0.05, 0.1) is 0 Å². The number of carbonyl (C=O) groups excluding carboxylic acids is 1. The molecule has 1 aromatic carbocycles. The van der Waals surface area contributed by atoms with Gasteiger partial charge in [0.15, 0.2) is 0 Å². The number of benzene rings is 1. The molecule has 0 saturated heterocycles. The van der Waals surface area contributed by atoms with Gasteiger partial charge in [0.2, 0.25) is 0 Å². The Hall–Kier alpha value is -1.11. The lowest BCUT2D eigenvalue weighted by Crippen LogP contribution is -1.99. The first-order valence-corrected chi connectivity index (χ1v) is 4.89. The summed E-state index contributed by atoms with van der Waals surface area (Å²) in [7, 11) is 0. The molecule has 68 valence electrons. The largest absolute Gasteiger partial charge is 0.303 e. The molecule has 0 N–H and O–H groups in total. The van der Waals surface area contributed by atoms with Crippen LogP contribution in [0.15, 0.2) is 18.2 Å². The van der Waals surface area contributed by atoms with Crippen LogP contribution in [0.5, 0.6) is 0 Å². The molecule has 0 heterocycles. The zero-order valence-electron chi connectivity index (χ0n) is 7.92. The van der Waals surface area contributed by atoms with E-state index >= 15 is 0 Å². The van der Waals surface area contributed by atoms with Crippen molar-refractivity contribution in [3.05, 3.63) is 34.9 Å². The smallest absolute Gasteiger partial charge is 0.123 e. The van der Waals surface area contributed by atoms with Crippen molar-refractivity contribution in [2.75, 3.05) is 0 Å². The van der Waals surface area contributed by atoms with Crippen LogP contribution in [0.2, 0.25) is 0 Å². The van der Waals surface area contributed by atoms with Crippen LogP contribution in [0.4, 0.5) is 0 Å². The van der Waals surface area contributed by atoms with Gasteiger partial charge in [0.25, 0.3) is 0 Å². The normalized spacial score (nSPS) is 19.9. The predicted octanol–water partition coefficient (Wildman–Crippen LogP) is 2.16. The van der Waals surface area contributed by atoms with E-state index in [1.165, 1.54) is 16.7 Å². The Morgan fingerprint density at radius 1 is 1.38 bits per heavy atom. The third-order valence-corrected chi connectivity index (χ3v) is 2.84. The van der Waals surface area contributed by atoms with E-state index in [0.29, 0.717) is 0 Å². The minimum Gasteiger partial charge on any atom is -0.303 e. The first kappa shape index (κ1) is 8.49. The maximum atomic E-state index is 10.6. The Bertz CT molecular complexity index is 328. The fourth-order valence-electron chi connectivity index (χ4n) is 2.02. The summed E-state index contributed by atoms with van der Waals surface area (Å²) in [6.45, 7) is 2.16. The van der Waals surface area contributed by atoms with Crippen LogP contribution in [-0.4, -0.2) is 6.29 Å². The number of rotatable bonds is 2. The van der Waals surface area contributed by atoms with E-state index in [9.17, 15) is 4.79 Å². The Morgan fingerprint density at radius 3 is 2.85 bits per heavy atom. The van der Waals surface area contributed by atoms with Gasteiger partial charge in [-0.1, -0.05) is 25.1 Å². The number of aldehydes is 1. The van der Waals surface area contributed by atoms with Crippen LogP contribution in [-0.2, 0) is 24.1 Å². The minimum atomic E-state index is 0.238. The highest BCUT2D eigenvalue weighted by atomic mass is 16.1. The zero-order chi connectivity index (χ0) is 9.26. The second-order valence-electron chi connectivity index (χ2n) is 3.76. The lowest BCUT2D eigenvalue weighted by molar-refractivity contribution is -0.110. The quantitative estimate of drug-likeness (QED) is 0.628. The Kier molecular flexibility index (Phi) is 2.17. The van der Waals surface area contributed by atoms with Crippen molar-refractivity contribution in [2.24, 2.45) is 5.92 Å². The third-order valence-electron chi connectivity index (χ3n) is 2.84. The van der Waals surface area contributed by atoms with E-state index < -0.39 is 0 Å². The highest BCUT2D eigenvalue weighted by Gasteiger charge is 2.20. The zero-order valence-corrected chi connectivity index (χ0v) is 7.92. The van der Waals surface area contributed by atoms with Gasteiger partial charge < -0.3 is 4.79 Å². The molecule has 0 bridgehead atoms. The summed E-state index contributed by atoms with van der Waals surface area (Å²) in [6, 6.07) is 6.60. The van der Waals surface area contributed by atoms with Gasteiger partial charge in [0.1, 0.15) is 6.29 Å². The molecule has 0 fully saturated rings. The summed E-state index contributed by atoms with van der Waals surface area (Å²) in [4.78, 5) is 10.6. The maximum absolute atomic E-state index is 10.6. The van der Waals surface area contributed by atoms with E-state index in [2.05, 4.69) is 25.1 Å². The summed E-state index contributed by atoms with van der Waals surface area (Å²) in [5, 5.41) is 0. The number of hydrogen-bond acceptors (Lipinski definition) is 1. The summed E-state index contributed by atoms with van der Waals surface area (Å²) in [5.74, 6) is 0.238. The molecule has 1 nitrogen and oxygen atoms in total. The van der Waals surface area contributed by atoms with E-state index in [1.54, 1.807) is 0 Å². The molecule has 1 aliphatic carbocycles. The fraction of sp³-hybridized carbons (Fsp3) is 0.417. The van der Waals surface area contributed by atoms with Gasteiger partial charge in [-0.2, -0.15) is 0 Å². The predicted molar refractivity (Wildman–Crippen MR) is 52.8 cm³/mol. The van der Waals surface area contributed by atoms with E-state index in [0.717, 1.165) is 25.5 Å². The van der Waals surface area contributed by atoms with Crippen molar-refractivity contribution < 1.29 is 4.79 Å². The minimum absolute atomic E-state index is 0.238. The molecule has 0 spiro atoms. The average molecular weight is 174 g/mol. The Labute approximate surface area is 78.8 Å². The van der Waals surface area contributed by atoms with Crippen molar-refractivity contribution in [3.8, 4) is 0 Å². The van der Waals surface area contributed by atoms with Gasteiger partial charge in [-0.15, -0.1) is 0 Å². The number of aryl methyl sites for hydroxylation is 1. The van der Waals surface area contributed by atoms with Gasteiger partial charge in [0, 0.05) is 5.92 Å². The maximum Gasteiger partial charge on any atom is 0.123 e. The highest BCUT2D eigenvalue weighted by Crippen LogP contribution is 2.26. The molecule has 1 atom stereocenters. The first-order chi connectivity index (χ1) is 6.33. The van der Waals surface area contributed by atoms with Gasteiger partial charge in [-0.25, -0.2) is 0 Å². The molecule has 2 rings (SSSR count). The van der Waals surface area contributed by atoms with Crippen LogP contribution in [0.25, 0.3) is 0 Å². The summed E-state index contributed by atoms with van der Waals surface area (Å²) in [6.07, 6.45) is 4.07. The third kappa shape index (κ3) is 1.51. The van der Waals surface area contributed by atoms with E-state index in [1.807, 2.05) is 0 Å². The SMILES string of the molecule is CCc1ccc2c(c1)C[C@@H](C=O)C2. The molecule has 0 aromatic heterocycles. The van der Waals surface area contributed by atoms with Crippen molar-refractivity contribution in [1.82, 2.24) is 0 Å². The van der Waals surface area contributed by atoms with Crippen LogP contribution < -0.4 is 0 Å². The molecule has 0 saturated carbocycles. The van der Waals surface area contributed by atoms with Crippen molar-refractivity contribution in [2.45, 2.75) is 26.2 Å². The molecule has 0 amide bonds. The molecule has 0 aliphatic heterocycles. The van der Waals surface area contributed by atoms with Gasteiger partial charge >= 0.3 is 0 Å². The Balaban J connectivity index is 2.30. The lowest BCUT2D eigenvalue weighted by atomic mass is 10.1. The molecule has 1 heteroatoms. The van der Waals surface area contributed by atoms with E-state index in [-0.39, 0.29) is 5.92 Å². The van der Waals surface area contributed by atoms with Crippen LogP contribution >= 0.6 is 0 Å². The van der Waals surface area contributed by atoms with Crippen LogP contribution in [0.3, 0.4) is 0 Å². The molecule has 1 aromatic rings. The Morgan fingerprint density at radius 2 is 2.15 bits per heavy atom.